The number of sulfonamides is 1. The van der Waals surface area contributed by atoms with Crippen LogP contribution in [0.5, 0.6) is 11.5 Å². The Labute approximate surface area is 251 Å². The van der Waals surface area contributed by atoms with Gasteiger partial charge in [0.15, 0.2) is 0 Å². The molecule has 0 radical (unpaired) electrons. The van der Waals surface area contributed by atoms with Gasteiger partial charge in [0.25, 0.3) is 0 Å². The number of carboxylic acid groups (broad SMARTS) is 1. The van der Waals surface area contributed by atoms with Gasteiger partial charge >= 0.3 is 5.97 Å². The number of nitrogens with one attached hydrogen (secondary N) is 1. The van der Waals surface area contributed by atoms with E-state index in [4.69, 9.17) is 9.47 Å². The van der Waals surface area contributed by atoms with Crippen molar-refractivity contribution in [2.24, 2.45) is 0 Å². The van der Waals surface area contributed by atoms with Gasteiger partial charge in [-0.05, 0) is 81.1 Å². The number of hydrogen-bond donors (Lipinski definition) is 3. The largest absolute Gasteiger partial charge is 0.494 e. The minimum Gasteiger partial charge on any atom is -0.494 e. The Morgan fingerprint density at radius 1 is 1.00 bits per heavy atom. The van der Waals surface area contributed by atoms with E-state index in [9.17, 15) is 23.4 Å². The first-order valence-corrected chi connectivity index (χ1v) is 17.1. The molecule has 10 heteroatoms. The van der Waals surface area contributed by atoms with Gasteiger partial charge in [-0.1, -0.05) is 52.2 Å². The normalized spacial score (nSPS) is 18.9. The van der Waals surface area contributed by atoms with E-state index in [0.717, 1.165) is 38.7 Å². The fourth-order valence-electron chi connectivity index (χ4n) is 5.56. The minimum absolute atomic E-state index is 0.193. The number of aliphatic hydroxyl groups is 1. The van der Waals surface area contributed by atoms with Gasteiger partial charge in [-0.15, -0.1) is 0 Å². The third-order valence-corrected chi connectivity index (χ3v) is 8.39. The molecule has 3 rings (SSSR count). The van der Waals surface area contributed by atoms with Gasteiger partial charge in [0.2, 0.25) is 15.6 Å². The number of carbonyl (C=O) groups is 1. The number of aliphatic hydroxyl groups excluding tert-OH is 1. The zero-order valence-corrected chi connectivity index (χ0v) is 26.3. The zero-order chi connectivity index (χ0) is 30.8. The smallest absolute Gasteiger partial charge is 0.348 e. The number of aliphatic carboxylic acids is 1. The zero-order valence-electron chi connectivity index (χ0n) is 25.5. The van der Waals surface area contributed by atoms with Crippen LogP contribution in [0.2, 0.25) is 0 Å². The Balaban J connectivity index is 1.77. The van der Waals surface area contributed by atoms with Crippen LogP contribution in [0, 0.1) is 0 Å². The first-order valence-electron chi connectivity index (χ1n) is 15.2. The summed E-state index contributed by atoms with van der Waals surface area (Å²) in [5, 5.41) is 22.1. The van der Waals surface area contributed by atoms with E-state index in [1.54, 1.807) is 36.4 Å². The second kappa shape index (κ2) is 15.6. The van der Waals surface area contributed by atoms with E-state index in [2.05, 4.69) is 23.5 Å². The summed E-state index contributed by atoms with van der Waals surface area (Å²) in [4.78, 5) is 15.3. The van der Waals surface area contributed by atoms with E-state index in [0.29, 0.717) is 35.7 Å². The molecular formula is C32H48N2O7S. The Bertz CT molecular complexity index is 1240. The first-order chi connectivity index (χ1) is 20.0. The maximum Gasteiger partial charge on any atom is 0.348 e. The average molecular weight is 605 g/mol. The number of hydrogen-bond acceptors (Lipinski definition) is 7. The molecule has 234 valence electrons. The summed E-state index contributed by atoms with van der Waals surface area (Å²) in [7, 11) is -3.56. The van der Waals surface area contributed by atoms with Crippen LogP contribution in [-0.2, 0) is 14.8 Å². The van der Waals surface area contributed by atoms with Crippen LogP contribution in [0.25, 0.3) is 0 Å². The van der Waals surface area contributed by atoms with Gasteiger partial charge in [-0.25, -0.2) is 13.2 Å². The third kappa shape index (κ3) is 8.84. The lowest BCUT2D eigenvalue weighted by atomic mass is 9.75. The lowest BCUT2D eigenvalue weighted by Gasteiger charge is -2.33. The second-order valence-corrected chi connectivity index (χ2v) is 13.0. The summed E-state index contributed by atoms with van der Waals surface area (Å²) < 4.78 is 38.2. The summed E-state index contributed by atoms with van der Waals surface area (Å²) in [5.41, 5.74) is -0.443. The highest BCUT2D eigenvalue weighted by molar-refractivity contribution is 7.92. The molecule has 3 atom stereocenters. The SMILES string of the molecule is CCCCN(CCCC)CCCOc1ccc(C(O)C2c3cc(NS(C)(=O)=O)ccc3OC2(CCCC)C(=O)O)cc1. The standard InChI is InChI=1S/C32H48N2O7S/c1-5-8-18-32(31(36)37)29(27-23-25(33-42(4,38)39)14-17-28(27)41-32)30(35)24-12-15-26(16-13-24)40-22-11-21-34(19-9-6-2)20-10-7-3/h12-17,23,29-30,33,35H,5-11,18-22H2,1-4H3,(H,36,37). The highest BCUT2D eigenvalue weighted by Gasteiger charge is 2.57. The number of fused-ring (bicyclic) bond motifs is 1. The van der Waals surface area contributed by atoms with Crippen LogP contribution in [0.4, 0.5) is 5.69 Å². The van der Waals surface area contributed by atoms with Gasteiger partial charge in [0.1, 0.15) is 11.5 Å². The van der Waals surface area contributed by atoms with Crippen LogP contribution >= 0.6 is 0 Å². The number of rotatable bonds is 19. The molecule has 42 heavy (non-hydrogen) atoms. The van der Waals surface area contributed by atoms with E-state index in [1.807, 2.05) is 6.92 Å². The highest BCUT2D eigenvalue weighted by Crippen LogP contribution is 2.53. The number of carboxylic acids is 1. The van der Waals surface area contributed by atoms with E-state index >= 15 is 0 Å². The maximum absolute atomic E-state index is 12.8. The molecule has 0 fully saturated rings. The summed E-state index contributed by atoms with van der Waals surface area (Å²) in [6.07, 6.45) is 7.02. The molecule has 1 aliphatic rings. The lowest BCUT2D eigenvalue weighted by molar-refractivity contribution is -0.159. The molecule has 0 aromatic heterocycles. The quantitative estimate of drug-likeness (QED) is 0.168. The number of ether oxygens (including phenoxy) is 2. The van der Waals surface area contributed by atoms with Crippen molar-refractivity contribution in [2.75, 3.05) is 37.2 Å². The summed E-state index contributed by atoms with van der Waals surface area (Å²) in [5.74, 6) is -1.12. The van der Waals surface area contributed by atoms with E-state index in [-0.39, 0.29) is 12.1 Å². The molecule has 2 aromatic carbocycles. The summed E-state index contributed by atoms with van der Waals surface area (Å²) in [6, 6.07) is 11.7. The second-order valence-electron chi connectivity index (χ2n) is 11.3. The van der Waals surface area contributed by atoms with Gasteiger partial charge in [-0.2, -0.15) is 0 Å². The molecule has 3 unspecified atom stereocenters. The van der Waals surface area contributed by atoms with Crippen LogP contribution in [-0.4, -0.2) is 67.6 Å². The Hall–Kier alpha value is -2.82. The minimum atomic E-state index is -3.56. The van der Waals surface area contributed by atoms with Crippen molar-refractivity contribution in [2.45, 2.75) is 89.8 Å². The molecule has 2 aromatic rings. The Morgan fingerprint density at radius 3 is 2.19 bits per heavy atom. The van der Waals surface area contributed by atoms with Crippen molar-refractivity contribution in [3.8, 4) is 11.5 Å². The van der Waals surface area contributed by atoms with Crippen molar-refractivity contribution in [1.82, 2.24) is 4.90 Å². The van der Waals surface area contributed by atoms with E-state index < -0.39 is 33.6 Å². The number of anilines is 1. The van der Waals surface area contributed by atoms with E-state index in [1.165, 1.54) is 31.7 Å². The van der Waals surface area contributed by atoms with Gasteiger partial charge in [0.05, 0.1) is 24.9 Å². The van der Waals surface area contributed by atoms with Crippen LogP contribution in [0.1, 0.15) is 95.3 Å². The topological polar surface area (TPSA) is 125 Å². The maximum atomic E-state index is 12.8. The average Bonchev–Trinajstić information content (AvgIpc) is 3.29. The lowest BCUT2D eigenvalue weighted by Crippen LogP contribution is -2.48. The van der Waals surface area contributed by atoms with Gasteiger partial charge < -0.3 is 24.6 Å². The Morgan fingerprint density at radius 2 is 1.62 bits per heavy atom. The molecular weight excluding hydrogens is 556 g/mol. The third-order valence-electron chi connectivity index (χ3n) is 7.79. The predicted molar refractivity (Wildman–Crippen MR) is 166 cm³/mol. The Kier molecular flexibility index (Phi) is 12.5. The van der Waals surface area contributed by atoms with Crippen LogP contribution in [0.15, 0.2) is 42.5 Å². The number of benzene rings is 2. The number of unbranched alkanes of at least 4 members (excludes halogenated alkanes) is 3. The molecule has 0 saturated carbocycles. The fraction of sp³-hybridized carbons (Fsp3) is 0.594. The van der Waals surface area contributed by atoms with Crippen LogP contribution < -0.4 is 14.2 Å². The molecule has 0 aliphatic carbocycles. The predicted octanol–water partition coefficient (Wildman–Crippen LogP) is 5.95. The van der Waals surface area contributed by atoms with Crippen molar-refractivity contribution in [1.29, 1.82) is 0 Å². The number of nitrogens with zero attached hydrogens (tertiary/aromatic N) is 1. The molecule has 9 nitrogen and oxygen atoms in total. The fourth-order valence-corrected chi connectivity index (χ4v) is 6.11. The summed E-state index contributed by atoms with van der Waals surface area (Å²) >= 11 is 0. The molecule has 1 aliphatic heterocycles. The highest BCUT2D eigenvalue weighted by atomic mass is 32.2. The van der Waals surface area contributed by atoms with Crippen LogP contribution in [0.3, 0.4) is 0 Å². The molecule has 1 heterocycles. The van der Waals surface area contributed by atoms with Gasteiger partial charge in [0, 0.05) is 17.8 Å². The van der Waals surface area contributed by atoms with Gasteiger partial charge in [-0.3, -0.25) is 4.72 Å². The molecule has 0 amide bonds. The van der Waals surface area contributed by atoms with Crippen molar-refractivity contribution in [3.05, 3.63) is 53.6 Å². The monoisotopic (exact) mass is 604 g/mol. The van der Waals surface area contributed by atoms with Crippen molar-refractivity contribution >= 4 is 21.7 Å². The van der Waals surface area contributed by atoms with Crippen molar-refractivity contribution in [3.63, 3.8) is 0 Å². The molecule has 0 bridgehead atoms. The first kappa shape index (κ1) is 33.7. The molecule has 3 N–H and O–H groups in total. The summed E-state index contributed by atoms with van der Waals surface area (Å²) in [6.45, 7) is 10.2. The molecule has 0 saturated heterocycles. The molecule has 0 spiro atoms. The van der Waals surface area contributed by atoms with Crippen molar-refractivity contribution < 1.29 is 32.9 Å².